The van der Waals surface area contributed by atoms with Gasteiger partial charge < -0.3 is 14.5 Å². The first-order valence-corrected chi connectivity index (χ1v) is 20.5. The van der Waals surface area contributed by atoms with Crippen molar-refractivity contribution in [3.63, 3.8) is 0 Å². The molecular formula is C39H55ClN4O3S. The molecule has 0 radical (unpaired) electrons. The number of hydrogen-bond acceptors (Lipinski definition) is 6. The number of nitrogens with one attached hydrogen (secondary N) is 1. The first kappa shape index (κ1) is 34.2. The summed E-state index contributed by atoms with van der Waals surface area (Å²) in [6.07, 6.45) is 9.00. The number of carbonyl (C=O) groups excluding carboxylic acids is 1. The predicted molar refractivity (Wildman–Crippen MR) is 199 cm³/mol. The zero-order valence-electron chi connectivity index (χ0n) is 29.4. The minimum absolute atomic E-state index is 0.162. The van der Waals surface area contributed by atoms with Gasteiger partial charge in [0.05, 0.1) is 22.0 Å². The van der Waals surface area contributed by atoms with Gasteiger partial charge in [-0.25, -0.2) is 4.21 Å². The molecule has 1 N–H and O–H groups in total. The van der Waals surface area contributed by atoms with E-state index >= 15 is 0 Å². The van der Waals surface area contributed by atoms with Gasteiger partial charge in [-0.1, -0.05) is 31.0 Å². The first-order valence-electron chi connectivity index (χ1n) is 18.3. The Hall–Kier alpha value is -2.26. The van der Waals surface area contributed by atoms with Crippen molar-refractivity contribution in [3.8, 4) is 5.75 Å². The van der Waals surface area contributed by atoms with E-state index in [0.29, 0.717) is 36.0 Å². The van der Waals surface area contributed by atoms with Crippen LogP contribution in [-0.4, -0.2) is 90.5 Å². The number of likely N-dealkylation sites (tertiary alicyclic amines) is 1. The molecule has 2 bridgehead atoms. The molecule has 3 aliphatic heterocycles. The van der Waals surface area contributed by atoms with Crippen molar-refractivity contribution in [2.75, 3.05) is 58.3 Å². The zero-order chi connectivity index (χ0) is 33.8. The van der Waals surface area contributed by atoms with Crippen molar-refractivity contribution in [1.82, 2.24) is 14.5 Å². The molecule has 3 heterocycles. The highest BCUT2D eigenvalue weighted by molar-refractivity contribution is 7.99. The number of anilines is 1. The van der Waals surface area contributed by atoms with Gasteiger partial charge in [-0.3, -0.25) is 14.4 Å². The number of benzene rings is 2. The van der Waals surface area contributed by atoms with Crippen LogP contribution in [0.25, 0.3) is 0 Å². The normalized spacial score (nSPS) is 34.7. The highest BCUT2D eigenvalue weighted by atomic mass is 35.5. The summed E-state index contributed by atoms with van der Waals surface area (Å²) in [7, 11) is 1.54. The molecule has 262 valence electrons. The van der Waals surface area contributed by atoms with Crippen molar-refractivity contribution in [3.05, 3.63) is 58.1 Å². The third-order valence-electron chi connectivity index (χ3n) is 12.9. The van der Waals surface area contributed by atoms with Crippen LogP contribution in [0.5, 0.6) is 5.75 Å². The number of rotatable bonds is 3. The molecule has 5 aliphatic rings. The minimum atomic E-state index is -2.85. The second kappa shape index (κ2) is 13.5. The monoisotopic (exact) mass is 694 g/mol. The lowest BCUT2D eigenvalue weighted by Gasteiger charge is -2.50. The number of carbonyl (C=O) groups is 1. The largest absolute Gasteiger partial charge is 0.490 e. The van der Waals surface area contributed by atoms with Crippen molar-refractivity contribution in [1.29, 1.82) is 0 Å². The summed E-state index contributed by atoms with van der Waals surface area (Å²) < 4.78 is 23.5. The Kier molecular flexibility index (Phi) is 9.59. The number of halogens is 1. The quantitative estimate of drug-likeness (QED) is 0.383. The Morgan fingerprint density at radius 2 is 1.88 bits per heavy atom. The summed E-state index contributed by atoms with van der Waals surface area (Å²) in [6, 6.07) is 12.8. The third-order valence-corrected chi connectivity index (χ3v) is 15.3. The van der Waals surface area contributed by atoms with Crippen LogP contribution in [0.1, 0.15) is 80.3 Å². The second-order valence-electron chi connectivity index (χ2n) is 16.2. The maximum absolute atomic E-state index is 13.9. The van der Waals surface area contributed by atoms with Crippen molar-refractivity contribution < 1.29 is 13.7 Å². The fourth-order valence-corrected chi connectivity index (χ4v) is 11.1. The molecule has 7 atom stereocenters. The molecule has 7 nitrogen and oxygen atoms in total. The van der Waals surface area contributed by atoms with Gasteiger partial charge in [-0.15, -0.1) is 0 Å². The summed E-state index contributed by atoms with van der Waals surface area (Å²) in [5.74, 6) is 6.69. The summed E-state index contributed by atoms with van der Waals surface area (Å²) in [5, 5.41) is 0.568. The van der Waals surface area contributed by atoms with Crippen molar-refractivity contribution in [2.24, 2.45) is 23.7 Å². The molecule has 2 fully saturated rings. The minimum Gasteiger partial charge on any atom is -0.490 e. The summed E-state index contributed by atoms with van der Waals surface area (Å²) >= 11 is 6.49. The molecule has 1 saturated heterocycles. The Morgan fingerprint density at radius 3 is 2.62 bits per heavy atom. The SMILES string of the molecule is C=S1(=O)NC(=O)c2ccc3c(c2)N(C[C@@H]2CC[C@H]2[C@H](CN2CC(N(C)C)C2)CCC[C@H](C)[C@H]1C)C[C@@]1(CCCc2cc(Cl)ccc21)CO3. The van der Waals surface area contributed by atoms with Crippen LogP contribution in [0.4, 0.5) is 5.69 Å². The third kappa shape index (κ3) is 6.63. The van der Waals surface area contributed by atoms with Crippen LogP contribution >= 0.6 is 11.6 Å². The van der Waals surface area contributed by atoms with E-state index in [-0.39, 0.29) is 22.5 Å². The molecule has 1 unspecified atom stereocenters. The average Bonchev–Trinajstić information content (AvgIpc) is 3.16. The van der Waals surface area contributed by atoms with E-state index in [4.69, 9.17) is 16.3 Å². The standard InChI is InChI=1S/C39H55ClN4O3S/c1-26-8-6-9-30(20-43-22-33(23-43)42(3)4)34-14-11-31(34)21-44-24-39(17-7-10-28-18-32(40)13-15-35(28)39)25-47-37-16-12-29(19-36(37)44)38(45)41-48(5,46)27(26)2/h12-13,15-16,18-19,26-27,30-31,33-34H,5-11,14,17,20-25H2,1-4H3,(H,41,45,46)/t26-,27+,30-,31-,34-,39-,48?/m0/s1. The van der Waals surface area contributed by atoms with Gasteiger partial charge in [0.15, 0.2) is 0 Å². The summed E-state index contributed by atoms with van der Waals surface area (Å²) in [6.45, 7) is 10.0. The molecule has 2 aromatic rings. The lowest BCUT2D eigenvalue weighted by Crippen LogP contribution is -2.59. The van der Waals surface area contributed by atoms with Crippen LogP contribution in [0.3, 0.4) is 0 Å². The smallest absolute Gasteiger partial charge is 0.262 e. The summed E-state index contributed by atoms with van der Waals surface area (Å²) in [4.78, 5) is 21.3. The lowest BCUT2D eigenvalue weighted by molar-refractivity contribution is 0.0121. The molecular weight excluding hydrogens is 640 g/mol. The molecule has 2 aliphatic carbocycles. The maximum Gasteiger partial charge on any atom is 0.262 e. The molecule has 7 rings (SSSR count). The summed E-state index contributed by atoms with van der Waals surface area (Å²) in [5.41, 5.74) is 4.01. The number of amides is 1. The molecule has 1 saturated carbocycles. The van der Waals surface area contributed by atoms with E-state index < -0.39 is 9.71 Å². The van der Waals surface area contributed by atoms with Gasteiger partial charge in [0.1, 0.15) is 5.75 Å². The molecule has 48 heavy (non-hydrogen) atoms. The van der Waals surface area contributed by atoms with Gasteiger partial charge >= 0.3 is 0 Å². The highest BCUT2D eigenvalue weighted by Crippen LogP contribution is 2.48. The molecule has 2 aromatic carbocycles. The predicted octanol–water partition coefficient (Wildman–Crippen LogP) is 6.27. The van der Waals surface area contributed by atoms with Crippen LogP contribution in [0.2, 0.25) is 5.02 Å². The van der Waals surface area contributed by atoms with Crippen LogP contribution < -0.4 is 14.4 Å². The molecule has 1 spiro atoms. The van der Waals surface area contributed by atoms with Crippen LogP contribution in [0, 0.1) is 23.7 Å². The second-order valence-corrected chi connectivity index (χ2v) is 19.0. The fraction of sp³-hybridized carbons (Fsp3) is 0.641. The number of nitrogens with zero attached hydrogens (tertiary/aromatic N) is 3. The van der Waals surface area contributed by atoms with E-state index in [9.17, 15) is 9.00 Å². The first-order chi connectivity index (χ1) is 22.9. The van der Waals surface area contributed by atoms with E-state index in [1.165, 1.54) is 36.9 Å². The maximum atomic E-state index is 13.9. The highest BCUT2D eigenvalue weighted by Gasteiger charge is 2.45. The number of ether oxygens (including phenoxy) is 1. The number of aryl methyl sites for hydroxylation is 1. The van der Waals surface area contributed by atoms with E-state index in [1.807, 2.05) is 31.2 Å². The van der Waals surface area contributed by atoms with Gasteiger partial charge in [-0.2, -0.15) is 0 Å². The van der Waals surface area contributed by atoms with Crippen LogP contribution in [0.15, 0.2) is 36.4 Å². The van der Waals surface area contributed by atoms with E-state index in [2.05, 4.69) is 58.4 Å². The molecule has 9 heteroatoms. The Morgan fingerprint density at radius 1 is 1.06 bits per heavy atom. The van der Waals surface area contributed by atoms with Crippen molar-refractivity contribution in [2.45, 2.75) is 81.9 Å². The molecule has 0 aromatic heterocycles. The van der Waals surface area contributed by atoms with E-state index in [1.54, 1.807) is 0 Å². The Balaban J connectivity index is 1.25. The van der Waals surface area contributed by atoms with E-state index in [0.717, 1.165) is 74.7 Å². The Bertz CT molecular complexity index is 1620. The lowest BCUT2D eigenvalue weighted by atomic mass is 9.64. The van der Waals surface area contributed by atoms with Gasteiger partial charge in [0.2, 0.25) is 0 Å². The zero-order valence-corrected chi connectivity index (χ0v) is 31.0. The Labute approximate surface area is 293 Å². The number of fused-ring (bicyclic) bond motifs is 4. The van der Waals surface area contributed by atoms with Gasteiger partial charge in [0.25, 0.3) is 5.91 Å². The fourth-order valence-electron chi connectivity index (χ4n) is 9.39. The topological polar surface area (TPSA) is 65.1 Å². The number of hydrogen-bond donors (Lipinski definition) is 1. The van der Waals surface area contributed by atoms with Gasteiger partial charge in [-0.05, 0) is 137 Å². The van der Waals surface area contributed by atoms with Crippen molar-refractivity contribution >= 4 is 38.8 Å². The van der Waals surface area contributed by atoms with Crippen LogP contribution in [-0.2, 0) is 21.5 Å². The van der Waals surface area contributed by atoms with Gasteiger partial charge in [0, 0.05) is 60.0 Å². The number of likely N-dealkylation sites (N-methyl/N-ethyl adjacent to an activating group) is 1. The molecule has 1 amide bonds. The average molecular weight is 695 g/mol.